The molecule has 1 aliphatic rings. The molecule has 4 rings (SSSR count). The van der Waals surface area contributed by atoms with E-state index in [9.17, 15) is 19.2 Å². The van der Waals surface area contributed by atoms with Crippen LogP contribution in [0.25, 0.3) is 0 Å². The zero-order chi connectivity index (χ0) is 25.7. The summed E-state index contributed by atoms with van der Waals surface area (Å²) in [6.07, 6.45) is 0.522. The summed E-state index contributed by atoms with van der Waals surface area (Å²) in [6.45, 7) is -0.337. The molecule has 1 heterocycles. The number of amides is 3. The summed E-state index contributed by atoms with van der Waals surface area (Å²) >= 11 is 0. The standard InChI is InChI=1S/C27H24N2O7/c1-34-19-9-11-23(35-2)22(15-19)28-24(30)16-36-27(33)18-8-10-20-21(14-18)26(32)29(25(20)31)13-12-17-6-4-3-5-7-17/h3-11,14-15H,12-13,16H2,1-2H3,(H,28,30). The van der Waals surface area contributed by atoms with E-state index in [4.69, 9.17) is 14.2 Å². The molecular formula is C27H24N2O7. The van der Waals surface area contributed by atoms with Crippen molar-refractivity contribution in [3.8, 4) is 11.5 Å². The maximum Gasteiger partial charge on any atom is 0.338 e. The van der Waals surface area contributed by atoms with Crippen LogP contribution in [0.5, 0.6) is 11.5 Å². The molecule has 3 aromatic rings. The third kappa shape index (κ3) is 5.20. The number of fused-ring (bicyclic) bond motifs is 1. The number of carbonyl (C=O) groups is 4. The van der Waals surface area contributed by atoms with Crippen LogP contribution in [0.4, 0.5) is 5.69 Å². The summed E-state index contributed by atoms with van der Waals surface area (Å²) in [7, 11) is 2.95. The van der Waals surface area contributed by atoms with E-state index in [-0.39, 0.29) is 23.2 Å². The summed E-state index contributed by atoms with van der Waals surface area (Å²) in [4.78, 5) is 51.6. The van der Waals surface area contributed by atoms with Gasteiger partial charge in [0.05, 0.1) is 36.6 Å². The van der Waals surface area contributed by atoms with Gasteiger partial charge < -0.3 is 19.5 Å². The summed E-state index contributed by atoms with van der Waals surface area (Å²) in [5.41, 5.74) is 1.78. The van der Waals surface area contributed by atoms with Gasteiger partial charge >= 0.3 is 5.97 Å². The van der Waals surface area contributed by atoms with Crippen molar-refractivity contribution in [2.45, 2.75) is 6.42 Å². The van der Waals surface area contributed by atoms with Crippen LogP contribution in [0.2, 0.25) is 0 Å². The van der Waals surface area contributed by atoms with Gasteiger partial charge in [-0.2, -0.15) is 0 Å². The molecule has 9 heteroatoms. The molecule has 9 nitrogen and oxygen atoms in total. The van der Waals surface area contributed by atoms with Gasteiger partial charge in [0.1, 0.15) is 11.5 Å². The van der Waals surface area contributed by atoms with Crippen LogP contribution in [-0.4, -0.2) is 56.0 Å². The minimum atomic E-state index is -0.798. The Morgan fingerprint density at radius 3 is 2.33 bits per heavy atom. The van der Waals surface area contributed by atoms with E-state index in [1.165, 1.54) is 37.3 Å². The minimum absolute atomic E-state index is 0.0616. The maximum absolute atomic E-state index is 12.9. The zero-order valence-electron chi connectivity index (χ0n) is 19.8. The smallest absolute Gasteiger partial charge is 0.338 e. The van der Waals surface area contributed by atoms with Crippen molar-refractivity contribution in [2.75, 3.05) is 32.7 Å². The Hall–Kier alpha value is -4.66. The zero-order valence-corrected chi connectivity index (χ0v) is 19.8. The Kier molecular flexibility index (Phi) is 7.29. The fourth-order valence-electron chi connectivity index (χ4n) is 3.82. The van der Waals surface area contributed by atoms with Gasteiger partial charge in [0, 0.05) is 12.6 Å². The van der Waals surface area contributed by atoms with Crippen LogP contribution in [0.1, 0.15) is 36.6 Å². The molecule has 0 bridgehead atoms. The lowest BCUT2D eigenvalue weighted by Crippen LogP contribution is -2.31. The first-order chi connectivity index (χ1) is 17.4. The molecular weight excluding hydrogens is 464 g/mol. The SMILES string of the molecule is COc1ccc(OC)c(NC(=O)COC(=O)c2ccc3c(c2)C(=O)N(CCc2ccccc2)C3=O)c1. The van der Waals surface area contributed by atoms with Crippen molar-refractivity contribution in [2.24, 2.45) is 0 Å². The molecule has 0 aliphatic carbocycles. The normalized spacial score (nSPS) is 12.2. The predicted octanol–water partition coefficient (Wildman–Crippen LogP) is 3.34. The van der Waals surface area contributed by atoms with E-state index >= 15 is 0 Å². The Morgan fingerprint density at radius 1 is 0.861 bits per heavy atom. The molecule has 1 N–H and O–H groups in total. The average molecular weight is 488 g/mol. The summed E-state index contributed by atoms with van der Waals surface area (Å²) in [6, 6.07) is 18.6. The third-order valence-corrected chi connectivity index (χ3v) is 5.69. The molecule has 0 fully saturated rings. The molecule has 3 aromatic carbocycles. The van der Waals surface area contributed by atoms with Gasteiger partial charge in [-0.15, -0.1) is 0 Å². The highest BCUT2D eigenvalue weighted by atomic mass is 16.5. The van der Waals surface area contributed by atoms with E-state index in [2.05, 4.69) is 5.32 Å². The monoisotopic (exact) mass is 488 g/mol. The van der Waals surface area contributed by atoms with Crippen molar-refractivity contribution in [3.05, 3.63) is 89.0 Å². The van der Waals surface area contributed by atoms with E-state index in [1.54, 1.807) is 18.2 Å². The lowest BCUT2D eigenvalue weighted by molar-refractivity contribution is -0.119. The number of carbonyl (C=O) groups excluding carboxylic acids is 4. The van der Waals surface area contributed by atoms with Gasteiger partial charge in [0.2, 0.25) is 0 Å². The highest BCUT2D eigenvalue weighted by molar-refractivity contribution is 6.22. The highest BCUT2D eigenvalue weighted by Crippen LogP contribution is 2.29. The number of imide groups is 1. The first-order valence-electron chi connectivity index (χ1n) is 11.1. The lowest BCUT2D eigenvalue weighted by Gasteiger charge is -2.13. The number of methoxy groups -OCH3 is 2. The van der Waals surface area contributed by atoms with E-state index in [1.807, 2.05) is 30.3 Å². The lowest BCUT2D eigenvalue weighted by atomic mass is 10.1. The Morgan fingerprint density at radius 2 is 1.61 bits per heavy atom. The van der Waals surface area contributed by atoms with Gasteiger partial charge in [-0.1, -0.05) is 30.3 Å². The van der Waals surface area contributed by atoms with Crippen molar-refractivity contribution < 1.29 is 33.4 Å². The van der Waals surface area contributed by atoms with E-state index in [0.717, 1.165) is 5.56 Å². The van der Waals surface area contributed by atoms with Crippen LogP contribution >= 0.6 is 0 Å². The Bertz CT molecular complexity index is 1320. The van der Waals surface area contributed by atoms with Crippen LogP contribution in [0.3, 0.4) is 0 Å². The van der Waals surface area contributed by atoms with E-state index in [0.29, 0.717) is 23.6 Å². The fraction of sp³-hybridized carbons (Fsp3) is 0.185. The number of rotatable bonds is 9. The van der Waals surface area contributed by atoms with Crippen LogP contribution in [0.15, 0.2) is 66.7 Å². The molecule has 0 spiro atoms. The second kappa shape index (κ2) is 10.7. The maximum atomic E-state index is 12.9. The molecule has 0 radical (unpaired) electrons. The Labute approximate surface area is 207 Å². The second-order valence-corrected chi connectivity index (χ2v) is 7.95. The molecule has 1 aliphatic heterocycles. The first-order valence-corrected chi connectivity index (χ1v) is 11.1. The van der Waals surface area contributed by atoms with Gasteiger partial charge in [0.15, 0.2) is 6.61 Å². The van der Waals surface area contributed by atoms with Crippen molar-refractivity contribution in [3.63, 3.8) is 0 Å². The topological polar surface area (TPSA) is 111 Å². The summed E-state index contributed by atoms with van der Waals surface area (Å²) < 4.78 is 15.5. The predicted molar refractivity (Wildman–Crippen MR) is 130 cm³/mol. The average Bonchev–Trinajstić information content (AvgIpc) is 3.15. The highest BCUT2D eigenvalue weighted by Gasteiger charge is 2.35. The number of nitrogens with zero attached hydrogens (tertiary/aromatic N) is 1. The largest absolute Gasteiger partial charge is 0.497 e. The molecule has 0 atom stereocenters. The number of esters is 1. The number of hydrogen-bond acceptors (Lipinski definition) is 7. The van der Waals surface area contributed by atoms with Gasteiger partial charge in [0.25, 0.3) is 17.7 Å². The van der Waals surface area contributed by atoms with Crippen molar-refractivity contribution in [1.29, 1.82) is 0 Å². The molecule has 184 valence electrons. The second-order valence-electron chi connectivity index (χ2n) is 7.95. The summed E-state index contributed by atoms with van der Waals surface area (Å²) in [5, 5.41) is 2.60. The molecule has 0 saturated carbocycles. The van der Waals surface area contributed by atoms with E-state index < -0.39 is 30.3 Å². The first kappa shape index (κ1) is 24.5. The molecule has 0 saturated heterocycles. The van der Waals surface area contributed by atoms with Crippen LogP contribution in [0, 0.1) is 0 Å². The van der Waals surface area contributed by atoms with Crippen molar-refractivity contribution in [1.82, 2.24) is 4.90 Å². The number of nitrogens with one attached hydrogen (secondary N) is 1. The number of hydrogen-bond donors (Lipinski definition) is 1. The summed E-state index contributed by atoms with van der Waals surface area (Å²) in [5.74, 6) is -1.34. The number of benzene rings is 3. The Balaban J connectivity index is 1.38. The van der Waals surface area contributed by atoms with Gasteiger partial charge in [-0.25, -0.2) is 4.79 Å². The minimum Gasteiger partial charge on any atom is -0.497 e. The quantitative estimate of drug-likeness (QED) is 0.363. The number of anilines is 1. The van der Waals surface area contributed by atoms with Gasteiger partial charge in [-0.05, 0) is 42.3 Å². The third-order valence-electron chi connectivity index (χ3n) is 5.69. The van der Waals surface area contributed by atoms with Crippen LogP contribution < -0.4 is 14.8 Å². The van der Waals surface area contributed by atoms with Gasteiger partial charge in [-0.3, -0.25) is 19.3 Å². The molecule has 0 unspecified atom stereocenters. The molecule has 3 amide bonds. The fourth-order valence-corrected chi connectivity index (χ4v) is 3.82. The molecule has 0 aromatic heterocycles. The molecule has 36 heavy (non-hydrogen) atoms. The number of ether oxygens (including phenoxy) is 3. The van der Waals surface area contributed by atoms with Crippen molar-refractivity contribution >= 4 is 29.4 Å². The van der Waals surface area contributed by atoms with Crippen LogP contribution in [-0.2, 0) is 16.0 Å².